The van der Waals surface area contributed by atoms with Gasteiger partial charge < -0.3 is 10.0 Å². The minimum absolute atomic E-state index is 0.0310. The third-order valence-electron chi connectivity index (χ3n) is 2.66. The second-order valence-electron chi connectivity index (χ2n) is 4.36. The van der Waals surface area contributed by atoms with Crippen LogP contribution in [0.5, 0.6) is 0 Å². The minimum Gasteiger partial charge on any atom is -0.384 e. The van der Waals surface area contributed by atoms with Gasteiger partial charge in [0.05, 0.1) is 18.1 Å². The van der Waals surface area contributed by atoms with Gasteiger partial charge in [-0.05, 0) is 26.0 Å². The van der Waals surface area contributed by atoms with Crippen molar-refractivity contribution in [2.45, 2.75) is 26.3 Å². The fourth-order valence-corrected chi connectivity index (χ4v) is 1.71. The number of nitriles is 1. The normalized spacial score (nSPS) is 9.55. The molecule has 0 aliphatic heterocycles. The van der Waals surface area contributed by atoms with E-state index in [4.69, 9.17) is 10.4 Å². The molecule has 0 aromatic carbocycles. The lowest BCUT2D eigenvalue weighted by molar-refractivity contribution is 0.0704. The monoisotopic (exact) mass is 271 g/mol. The van der Waals surface area contributed by atoms with Crippen molar-refractivity contribution < 1.29 is 9.90 Å². The maximum absolute atomic E-state index is 12.5. The van der Waals surface area contributed by atoms with Gasteiger partial charge in [-0.3, -0.25) is 4.79 Å². The van der Waals surface area contributed by atoms with Gasteiger partial charge in [0.2, 0.25) is 0 Å². The van der Waals surface area contributed by atoms with Crippen molar-refractivity contribution in [1.82, 2.24) is 9.88 Å². The molecule has 0 radical (unpaired) electrons. The summed E-state index contributed by atoms with van der Waals surface area (Å²) in [7, 11) is 0. The highest BCUT2D eigenvalue weighted by atomic mass is 16.2. The van der Waals surface area contributed by atoms with Gasteiger partial charge in [0, 0.05) is 18.8 Å². The molecule has 104 valence electrons. The highest BCUT2D eigenvalue weighted by molar-refractivity contribution is 5.95. The molecule has 5 nitrogen and oxygen atoms in total. The number of amides is 1. The van der Waals surface area contributed by atoms with Crippen LogP contribution in [0, 0.1) is 23.2 Å². The first kappa shape index (κ1) is 15.7. The number of hydrogen-bond donors (Lipinski definition) is 1. The van der Waals surface area contributed by atoms with E-state index in [-0.39, 0.29) is 30.7 Å². The van der Waals surface area contributed by atoms with Crippen LogP contribution in [0.4, 0.5) is 0 Å². The van der Waals surface area contributed by atoms with E-state index in [1.54, 1.807) is 17.0 Å². The summed E-state index contributed by atoms with van der Waals surface area (Å²) in [6, 6.07) is 5.38. The Morgan fingerprint density at radius 3 is 2.90 bits per heavy atom. The highest BCUT2D eigenvalue weighted by Crippen LogP contribution is 2.11. The van der Waals surface area contributed by atoms with E-state index < -0.39 is 0 Å². The summed E-state index contributed by atoms with van der Waals surface area (Å²) in [6.45, 7) is 3.86. The number of aliphatic hydroxyl groups excluding tert-OH is 1. The molecular weight excluding hydrogens is 254 g/mol. The van der Waals surface area contributed by atoms with E-state index in [0.29, 0.717) is 12.1 Å². The number of aromatic nitrogens is 1. The van der Waals surface area contributed by atoms with Gasteiger partial charge in [-0.2, -0.15) is 5.26 Å². The number of carbonyl (C=O) groups is 1. The molecule has 0 atom stereocenters. The van der Waals surface area contributed by atoms with Crippen LogP contribution in [0.2, 0.25) is 0 Å². The first-order chi connectivity index (χ1) is 9.61. The largest absolute Gasteiger partial charge is 0.384 e. The molecule has 0 fully saturated rings. The molecular formula is C15H17N3O2. The van der Waals surface area contributed by atoms with Crippen LogP contribution in [-0.4, -0.2) is 40.1 Å². The highest BCUT2D eigenvalue weighted by Gasteiger charge is 2.21. The Balaban J connectivity index is 3.09. The number of rotatable bonds is 4. The van der Waals surface area contributed by atoms with Gasteiger partial charge in [0.15, 0.2) is 0 Å². The first-order valence-electron chi connectivity index (χ1n) is 6.34. The fourth-order valence-electron chi connectivity index (χ4n) is 1.71. The van der Waals surface area contributed by atoms with E-state index in [9.17, 15) is 4.79 Å². The summed E-state index contributed by atoms with van der Waals surface area (Å²) in [4.78, 5) is 18.2. The standard InChI is InChI=1S/C15H17N3O2/c1-12(2)18(10-5-8-16)15(20)14-13(7-4-11-19)6-3-9-17-14/h3,6,9,12,19H,5,10-11H2,1-2H3. The molecule has 0 bridgehead atoms. The lowest BCUT2D eigenvalue weighted by atomic mass is 10.1. The first-order valence-corrected chi connectivity index (χ1v) is 6.34. The molecule has 0 saturated carbocycles. The smallest absolute Gasteiger partial charge is 0.274 e. The van der Waals surface area contributed by atoms with Gasteiger partial charge in [-0.1, -0.05) is 11.8 Å². The van der Waals surface area contributed by atoms with Crippen LogP contribution in [0.1, 0.15) is 36.3 Å². The second kappa shape index (κ2) is 7.93. The molecule has 0 saturated heterocycles. The van der Waals surface area contributed by atoms with Crippen LogP contribution in [-0.2, 0) is 0 Å². The van der Waals surface area contributed by atoms with E-state index in [0.717, 1.165) is 0 Å². The summed E-state index contributed by atoms with van der Waals surface area (Å²) < 4.78 is 0. The van der Waals surface area contributed by atoms with Gasteiger partial charge in [0.1, 0.15) is 12.3 Å². The van der Waals surface area contributed by atoms with Gasteiger partial charge in [-0.25, -0.2) is 4.98 Å². The van der Waals surface area contributed by atoms with Crippen molar-refractivity contribution in [1.29, 1.82) is 5.26 Å². The molecule has 0 aliphatic carbocycles. The predicted octanol–water partition coefficient (Wildman–Crippen LogP) is 1.19. The van der Waals surface area contributed by atoms with Crippen LogP contribution >= 0.6 is 0 Å². The topological polar surface area (TPSA) is 77.2 Å². The number of carbonyl (C=O) groups excluding carboxylic acids is 1. The van der Waals surface area contributed by atoms with E-state index in [2.05, 4.69) is 16.8 Å². The molecule has 0 unspecified atom stereocenters. The van der Waals surface area contributed by atoms with E-state index >= 15 is 0 Å². The van der Waals surface area contributed by atoms with Crippen molar-refractivity contribution >= 4 is 5.91 Å². The summed E-state index contributed by atoms with van der Waals surface area (Å²) in [5.41, 5.74) is 0.731. The Labute approximate surface area is 118 Å². The molecule has 1 aromatic heterocycles. The Morgan fingerprint density at radius 1 is 1.55 bits per heavy atom. The third-order valence-corrected chi connectivity index (χ3v) is 2.66. The minimum atomic E-state index is -0.273. The maximum atomic E-state index is 12.5. The van der Waals surface area contributed by atoms with Crippen molar-refractivity contribution in [3.05, 3.63) is 29.6 Å². The quantitative estimate of drug-likeness (QED) is 0.834. The summed E-state index contributed by atoms with van der Waals surface area (Å²) in [5.74, 6) is 4.98. The lowest BCUT2D eigenvalue weighted by Crippen LogP contribution is -2.38. The van der Waals surface area contributed by atoms with Crippen LogP contribution in [0.3, 0.4) is 0 Å². The Bertz CT molecular complexity index is 564. The molecule has 0 aliphatic rings. The number of hydrogen-bond acceptors (Lipinski definition) is 4. The zero-order valence-corrected chi connectivity index (χ0v) is 11.6. The molecule has 1 amide bonds. The van der Waals surface area contributed by atoms with E-state index in [1.165, 1.54) is 6.20 Å². The van der Waals surface area contributed by atoms with Crippen LogP contribution in [0.25, 0.3) is 0 Å². The van der Waals surface area contributed by atoms with Crippen LogP contribution in [0.15, 0.2) is 18.3 Å². The molecule has 1 heterocycles. The Morgan fingerprint density at radius 2 is 2.30 bits per heavy atom. The van der Waals surface area contributed by atoms with Gasteiger partial charge in [0.25, 0.3) is 5.91 Å². The van der Waals surface area contributed by atoms with Crippen LogP contribution < -0.4 is 0 Å². The number of aliphatic hydroxyl groups is 1. The third kappa shape index (κ3) is 4.08. The fraction of sp³-hybridized carbons (Fsp3) is 0.400. The maximum Gasteiger partial charge on any atom is 0.274 e. The SMILES string of the molecule is CC(C)N(CCC#N)C(=O)c1ncccc1C#CCO. The van der Waals surface area contributed by atoms with E-state index in [1.807, 2.05) is 19.9 Å². The predicted molar refractivity (Wildman–Crippen MR) is 74.6 cm³/mol. The van der Waals surface area contributed by atoms with Crippen molar-refractivity contribution in [2.75, 3.05) is 13.2 Å². The second-order valence-corrected chi connectivity index (χ2v) is 4.36. The average Bonchev–Trinajstić information content (AvgIpc) is 2.45. The van der Waals surface area contributed by atoms with Gasteiger partial charge in [-0.15, -0.1) is 0 Å². The lowest BCUT2D eigenvalue weighted by Gasteiger charge is -2.25. The zero-order valence-electron chi connectivity index (χ0n) is 11.6. The molecule has 1 aromatic rings. The van der Waals surface area contributed by atoms with Crippen molar-refractivity contribution in [3.8, 4) is 17.9 Å². The average molecular weight is 271 g/mol. The van der Waals surface area contributed by atoms with Crippen molar-refractivity contribution in [2.24, 2.45) is 0 Å². The molecule has 1 N–H and O–H groups in total. The Kier molecular flexibility index (Phi) is 6.22. The summed E-state index contributed by atoms with van der Waals surface area (Å²) in [5, 5.41) is 17.4. The summed E-state index contributed by atoms with van der Waals surface area (Å²) in [6.07, 6.45) is 1.80. The summed E-state index contributed by atoms with van der Waals surface area (Å²) >= 11 is 0. The molecule has 5 heteroatoms. The number of pyridine rings is 1. The Hall–Kier alpha value is -2.37. The zero-order chi connectivity index (χ0) is 15.0. The molecule has 0 spiro atoms. The van der Waals surface area contributed by atoms with Gasteiger partial charge >= 0.3 is 0 Å². The number of nitrogens with zero attached hydrogens (tertiary/aromatic N) is 3. The van der Waals surface area contributed by atoms with Crippen molar-refractivity contribution in [3.63, 3.8) is 0 Å². The molecule has 1 rings (SSSR count). The molecule has 20 heavy (non-hydrogen) atoms.